The summed E-state index contributed by atoms with van der Waals surface area (Å²) in [4.78, 5) is 12.3. The molecule has 0 aliphatic heterocycles. The van der Waals surface area contributed by atoms with E-state index >= 15 is 0 Å². The molecule has 0 saturated carbocycles. The lowest BCUT2D eigenvalue weighted by Crippen LogP contribution is -2.23. The zero-order valence-electron chi connectivity index (χ0n) is 15.2. The number of carbonyl (C=O) groups excluding carboxylic acids is 1. The first-order valence-electron chi connectivity index (χ1n) is 8.61. The van der Waals surface area contributed by atoms with Crippen molar-refractivity contribution in [1.29, 1.82) is 0 Å². The first-order valence-corrected chi connectivity index (χ1v) is 8.61. The fourth-order valence-corrected chi connectivity index (χ4v) is 2.47. The van der Waals surface area contributed by atoms with Crippen molar-refractivity contribution in [2.45, 2.75) is 40.0 Å². The molecule has 1 atom stereocenters. The fourth-order valence-electron chi connectivity index (χ4n) is 2.47. The van der Waals surface area contributed by atoms with Crippen LogP contribution in [0.5, 0.6) is 5.75 Å². The fraction of sp³-hybridized carbons (Fsp3) is 0.316. The summed E-state index contributed by atoms with van der Waals surface area (Å²) in [6, 6.07) is 7.57. The first kappa shape index (κ1) is 17.7. The average molecular weight is 353 g/mol. The van der Waals surface area contributed by atoms with Crippen molar-refractivity contribution in [3.63, 3.8) is 0 Å². The van der Waals surface area contributed by atoms with Gasteiger partial charge in [-0.1, -0.05) is 19.1 Å². The van der Waals surface area contributed by atoms with E-state index in [0.29, 0.717) is 5.69 Å². The minimum Gasteiger partial charge on any atom is -0.471 e. The van der Waals surface area contributed by atoms with Gasteiger partial charge in [-0.25, -0.2) is 4.68 Å². The van der Waals surface area contributed by atoms with Crippen LogP contribution in [0.25, 0.3) is 0 Å². The largest absolute Gasteiger partial charge is 0.471 e. The summed E-state index contributed by atoms with van der Waals surface area (Å²) in [6.45, 7) is 6.13. The van der Waals surface area contributed by atoms with E-state index in [2.05, 4.69) is 22.4 Å². The van der Waals surface area contributed by atoms with Crippen LogP contribution in [0.3, 0.4) is 0 Å². The molecule has 0 aliphatic carbocycles. The first-order chi connectivity index (χ1) is 12.5. The third-order valence-corrected chi connectivity index (χ3v) is 4.10. The van der Waals surface area contributed by atoms with E-state index in [-0.39, 0.29) is 12.6 Å². The number of aryl methyl sites for hydroxylation is 2. The maximum atomic E-state index is 12.3. The topological polar surface area (TPSA) is 74.0 Å². The number of anilines is 1. The van der Waals surface area contributed by atoms with Crippen molar-refractivity contribution < 1.29 is 9.53 Å². The van der Waals surface area contributed by atoms with Gasteiger partial charge in [-0.3, -0.25) is 9.48 Å². The molecule has 7 heteroatoms. The van der Waals surface area contributed by atoms with Gasteiger partial charge in [0.25, 0.3) is 0 Å². The lowest BCUT2D eigenvalue weighted by Gasteiger charge is -2.11. The molecule has 2 aromatic heterocycles. The molecular formula is C19H23N5O2. The Morgan fingerprint density at radius 3 is 2.62 bits per heavy atom. The number of benzene rings is 1. The number of hydrogen-bond donors (Lipinski definition) is 1. The van der Waals surface area contributed by atoms with Crippen LogP contribution in [0.15, 0.2) is 49.1 Å². The monoisotopic (exact) mass is 353 g/mol. The molecule has 136 valence electrons. The molecule has 3 aromatic rings. The molecule has 0 spiro atoms. The molecule has 0 aliphatic rings. The van der Waals surface area contributed by atoms with Gasteiger partial charge in [-0.2, -0.15) is 10.2 Å². The van der Waals surface area contributed by atoms with Gasteiger partial charge < -0.3 is 10.1 Å². The molecule has 0 fully saturated rings. The van der Waals surface area contributed by atoms with Crippen molar-refractivity contribution in [3.8, 4) is 5.75 Å². The smallest absolute Gasteiger partial charge is 0.249 e. The van der Waals surface area contributed by atoms with Crippen LogP contribution in [-0.2, 0) is 17.9 Å². The highest BCUT2D eigenvalue weighted by Crippen LogP contribution is 2.14. The van der Waals surface area contributed by atoms with Crippen molar-refractivity contribution in [2.24, 2.45) is 0 Å². The molecule has 0 saturated heterocycles. The third-order valence-electron chi connectivity index (χ3n) is 4.10. The van der Waals surface area contributed by atoms with Gasteiger partial charge in [0, 0.05) is 6.20 Å². The molecule has 1 amide bonds. The van der Waals surface area contributed by atoms with Crippen LogP contribution < -0.4 is 10.1 Å². The van der Waals surface area contributed by atoms with Crippen LogP contribution in [-0.4, -0.2) is 25.5 Å². The Morgan fingerprint density at radius 1 is 1.19 bits per heavy atom. The van der Waals surface area contributed by atoms with Crippen molar-refractivity contribution in [3.05, 3.63) is 60.2 Å². The maximum absolute atomic E-state index is 12.3. The molecule has 1 unspecified atom stereocenters. The van der Waals surface area contributed by atoms with E-state index in [4.69, 9.17) is 4.74 Å². The second kappa shape index (κ2) is 7.86. The Balaban J connectivity index is 1.54. The van der Waals surface area contributed by atoms with E-state index in [1.165, 1.54) is 5.56 Å². The highest BCUT2D eigenvalue weighted by molar-refractivity contribution is 5.93. The maximum Gasteiger partial charge on any atom is 0.249 e. The number of nitrogens with one attached hydrogen (secondary N) is 1. The molecule has 0 bridgehead atoms. The van der Waals surface area contributed by atoms with E-state index in [1.54, 1.807) is 34.9 Å². The lowest BCUT2D eigenvalue weighted by atomic mass is 10.2. The SMILES string of the molecule is CCc1ccc(OCn2cc(NC(=O)C(C)n3cc(C)cn3)cn2)cc1. The van der Waals surface area contributed by atoms with Gasteiger partial charge in [-0.05, 0) is 43.5 Å². The van der Waals surface area contributed by atoms with Crippen LogP contribution in [0.4, 0.5) is 5.69 Å². The molecular weight excluding hydrogens is 330 g/mol. The molecule has 2 heterocycles. The summed E-state index contributed by atoms with van der Waals surface area (Å²) in [5, 5.41) is 11.2. The zero-order valence-corrected chi connectivity index (χ0v) is 15.2. The van der Waals surface area contributed by atoms with E-state index in [1.807, 2.05) is 37.4 Å². The van der Waals surface area contributed by atoms with E-state index in [9.17, 15) is 4.79 Å². The summed E-state index contributed by atoms with van der Waals surface area (Å²) in [5.74, 6) is 0.634. The number of amides is 1. The van der Waals surface area contributed by atoms with Gasteiger partial charge in [0.15, 0.2) is 6.73 Å². The molecule has 26 heavy (non-hydrogen) atoms. The summed E-state index contributed by atoms with van der Waals surface area (Å²) < 4.78 is 8.97. The van der Waals surface area contributed by atoms with Gasteiger partial charge in [0.05, 0.1) is 24.3 Å². The van der Waals surface area contributed by atoms with Crippen molar-refractivity contribution in [1.82, 2.24) is 19.6 Å². The van der Waals surface area contributed by atoms with Crippen LogP contribution in [0, 0.1) is 6.92 Å². The Hall–Kier alpha value is -3.09. The number of rotatable bonds is 7. The quantitative estimate of drug-likeness (QED) is 0.708. The predicted molar refractivity (Wildman–Crippen MR) is 99.0 cm³/mol. The summed E-state index contributed by atoms with van der Waals surface area (Å²) in [5.41, 5.74) is 2.90. The normalized spacial score (nSPS) is 12.0. The van der Waals surface area contributed by atoms with Crippen molar-refractivity contribution >= 4 is 11.6 Å². The highest BCUT2D eigenvalue weighted by Gasteiger charge is 2.16. The van der Waals surface area contributed by atoms with Crippen LogP contribution >= 0.6 is 0 Å². The number of carbonyl (C=O) groups is 1. The Bertz CT molecular complexity index is 866. The molecule has 1 aromatic carbocycles. The zero-order chi connectivity index (χ0) is 18.5. The van der Waals surface area contributed by atoms with Crippen molar-refractivity contribution in [2.75, 3.05) is 5.32 Å². The Morgan fingerprint density at radius 2 is 1.96 bits per heavy atom. The molecule has 0 radical (unpaired) electrons. The van der Waals surface area contributed by atoms with Gasteiger partial charge >= 0.3 is 0 Å². The van der Waals surface area contributed by atoms with Gasteiger partial charge in [0.2, 0.25) is 5.91 Å². The Kier molecular flexibility index (Phi) is 5.36. The van der Waals surface area contributed by atoms with E-state index in [0.717, 1.165) is 17.7 Å². The minimum atomic E-state index is -0.402. The number of aromatic nitrogens is 4. The summed E-state index contributed by atoms with van der Waals surface area (Å²) in [7, 11) is 0. The molecule has 1 N–H and O–H groups in total. The second-order valence-electron chi connectivity index (χ2n) is 6.20. The number of ether oxygens (including phenoxy) is 1. The predicted octanol–water partition coefficient (Wildman–Crippen LogP) is 3.19. The third kappa shape index (κ3) is 4.30. The van der Waals surface area contributed by atoms with Crippen LogP contribution in [0.1, 0.15) is 31.0 Å². The summed E-state index contributed by atoms with van der Waals surface area (Å²) in [6.07, 6.45) is 7.90. The van der Waals surface area contributed by atoms with E-state index < -0.39 is 6.04 Å². The second-order valence-corrected chi connectivity index (χ2v) is 6.20. The lowest BCUT2D eigenvalue weighted by molar-refractivity contribution is -0.119. The number of nitrogens with zero attached hydrogens (tertiary/aromatic N) is 4. The minimum absolute atomic E-state index is 0.149. The van der Waals surface area contributed by atoms with Crippen LogP contribution in [0.2, 0.25) is 0 Å². The Labute approximate surface area is 152 Å². The summed E-state index contributed by atoms with van der Waals surface area (Å²) >= 11 is 0. The average Bonchev–Trinajstić information content (AvgIpc) is 3.28. The molecule has 7 nitrogen and oxygen atoms in total. The standard InChI is InChI=1S/C19H23N5O2/c1-4-16-5-7-18(8-6-16)26-13-23-12-17(10-20-23)22-19(25)15(3)24-11-14(2)9-21-24/h5-12,15H,4,13H2,1-3H3,(H,22,25). The molecule has 3 rings (SSSR count). The highest BCUT2D eigenvalue weighted by atomic mass is 16.5. The van der Waals surface area contributed by atoms with Gasteiger partial charge in [0.1, 0.15) is 11.8 Å². The van der Waals surface area contributed by atoms with Gasteiger partial charge in [-0.15, -0.1) is 0 Å². The number of hydrogen-bond acceptors (Lipinski definition) is 4.